The molecule has 1 fully saturated rings. The van der Waals surface area contributed by atoms with E-state index in [-0.39, 0.29) is 42.2 Å². The Hall–Kier alpha value is -2.65. The predicted molar refractivity (Wildman–Crippen MR) is 147 cm³/mol. The number of ether oxygens (including phenoxy) is 1. The minimum absolute atomic E-state index is 0. The smallest absolute Gasteiger partial charge is 0.337 e. The van der Waals surface area contributed by atoms with Gasteiger partial charge in [0, 0.05) is 41.7 Å². The van der Waals surface area contributed by atoms with E-state index in [1.165, 1.54) is 12.7 Å². The van der Waals surface area contributed by atoms with Crippen molar-refractivity contribution in [3.63, 3.8) is 0 Å². The third kappa shape index (κ3) is 5.34. The fourth-order valence-corrected chi connectivity index (χ4v) is 5.63. The number of amides is 1. The zero-order valence-electron chi connectivity index (χ0n) is 20.4. The molecule has 8 nitrogen and oxygen atoms in total. The number of hydrogen-bond acceptors (Lipinski definition) is 6. The lowest BCUT2D eigenvalue weighted by atomic mass is 9.68. The van der Waals surface area contributed by atoms with Gasteiger partial charge in [0.15, 0.2) is 5.82 Å². The van der Waals surface area contributed by atoms with Gasteiger partial charge in [0.1, 0.15) is 0 Å². The molecule has 1 saturated carbocycles. The van der Waals surface area contributed by atoms with Gasteiger partial charge < -0.3 is 19.9 Å². The number of carbonyl (C=O) groups is 2. The van der Waals surface area contributed by atoms with Crippen LogP contribution in [0.1, 0.15) is 52.2 Å². The SMILES string of the molecule is COC(=O)c1ccc(-c2nnc3n2CCN(C2CCC(CN)(c4cccc(Cl)c4)CC2)C3=O)cc1.Cl.Cl. The molecule has 0 radical (unpaired) electrons. The molecule has 2 heterocycles. The molecule has 1 aliphatic heterocycles. The maximum atomic E-state index is 13.4. The summed E-state index contributed by atoms with van der Waals surface area (Å²) in [5, 5.41) is 9.25. The van der Waals surface area contributed by atoms with E-state index in [1.807, 2.05) is 27.7 Å². The van der Waals surface area contributed by atoms with Crippen LogP contribution < -0.4 is 5.73 Å². The van der Waals surface area contributed by atoms with Crippen molar-refractivity contribution in [3.05, 3.63) is 70.5 Å². The minimum atomic E-state index is -0.396. The third-order valence-corrected chi connectivity index (χ3v) is 7.75. The Morgan fingerprint density at radius 3 is 2.38 bits per heavy atom. The molecule has 2 N–H and O–H groups in total. The van der Waals surface area contributed by atoms with Gasteiger partial charge >= 0.3 is 5.97 Å². The lowest BCUT2D eigenvalue weighted by Gasteiger charge is -2.44. The monoisotopic (exact) mass is 565 g/mol. The van der Waals surface area contributed by atoms with Crippen LogP contribution in [0.25, 0.3) is 11.4 Å². The number of aromatic nitrogens is 3. The summed E-state index contributed by atoms with van der Waals surface area (Å²) in [6.45, 7) is 1.78. The molecule has 2 aromatic carbocycles. The molecule has 0 saturated heterocycles. The summed E-state index contributed by atoms with van der Waals surface area (Å²) < 4.78 is 6.62. The molecule has 0 atom stereocenters. The van der Waals surface area contributed by atoms with E-state index < -0.39 is 5.97 Å². The molecule has 1 aliphatic carbocycles. The van der Waals surface area contributed by atoms with Crippen molar-refractivity contribution in [2.24, 2.45) is 5.73 Å². The number of hydrogen-bond donors (Lipinski definition) is 1. The Kier molecular flexibility index (Phi) is 9.23. The Morgan fingerprint density at radius 1 is 1.08 bits per heavy atom. The van der Waals surface area contributed by atoms with Gasteiger partial charge in [0.2, 0.25) is 5.82 Å². The fraction of sp³-hybridized carbons (Fsp3) is 0.385. The number of rotatable bonds is 5. The molecule has 37 heavy (non-hydrogen) atoms. The van der Waals surface area contributed by atoms with Gasteiger partial charge in [-0.05, 0) is 55.5 Å². The highest BCUT2D eigenvalue weighted by atomic mass is 35.5. The van der Waals surface area contributed by atoms with Crippen LogP contribution in [0, 0.1) is 0 Å². The van der Waals surface area contributed by atoms with Crippen molar-refractivity contribution in [1.82, 2.24) is 19.7 Å². The maximum absolute atomic E-state index is 13.4. The fourth-order valence-electron chi connectivity index (χ4n) is 5.44. The van der Waals surface area contributed by atoms with Crippen LogP contribution in [-0.4, -0.2) is 57.8 Å². The van der Waals surface area contributed by atoms with Crippen LogP contribution in [0.3, 0.4) is 0 Å². The minimum Gasteiger partial charge on any atom is -0.465 e. The van der Waals surface area contributed by atoms with Crippen LogP contribution in [-0.2, 0) is 16.7 Å². The van der Waals surface area contributed by atoms with Crippen LogP contribution in [0.4, 0.5) is 0 Å². The summed E-state index contributed by atoms with van der Waals surface area (Å²) >= 11 is 6.25. The molecule has 0 spiro atoms. The number of halogens is 3. The first kappa shape index (κ1) is 28.9. The molecule has 2 aliphatic rings. The summed E-state index contributed by atoms with van der Waals surface area (Å²) in [7, 11) is 1.35. The molecule has 198 valence electrons. The molecule has 11 heteroatoms. The summed E-state index contributed by atoms with van der Waals surface area (Å²) in [6.07, 6.45) is 3.57. The van der Waals surface area contributed by atoms with Crippen LogP contribution in [0.15, 0.2) is 48.5 Å². The number of carbonyl (C=O) groups excluding carboxylic acids is 2. The van der Waals surface area contributed by atoms with Gasteiger partial charge in [-0.25, -0.2) is 4.79 Å². The highest BCUT2D eigenvalue weighted by Crippen LogP contribution is 2.41. The van der Waals surface area contributed by atoms with Crippen LogP contribution in [0.5, 0.6) is 0 Å². The molecular formula is C26H30Cl3N5O3. The zero-order chi connectivity index (χ0) is 24.6. The zero-order valence-corrected chi connectivity index (χ0v) is 22.8. The predicted octanol–water partition coefficient (Wildman–Crippen LogP) is 4.52. The van der Waals surface area contributed by atoms with Crippen molar-refractivity contribution >= 4 is 48.3 Å². The first-order chi connectivity index (χ1) is 17.0. The van der Waals surface area contributed by atoms with Crippen molar-refractivity contribution in [1.29, 1.82) is 0 Å². The Balaban J connectivity index is 0.00000190. The number of benzene rings is 2. The van der Waals surface area contributed by atoms with E-state index in [0.717, 1.165) is 36.3 Å². The van der Waals surface area contributed by atoms with Gasteiger partial charge in [0.05, 0.1) is 12.7 Å². The second-order valence-corrected chi connectivity index (χ2v) is 9.73. The van der Waals surface area contributed by atoms with Crippen molar-refractivity contribution in [2.45, 2.75) is 43.7 Å². The number of nitrogens with zero attached hydrogens (tertiary/aromatic N) is 4. The first-order valence-electron chi connectivity index (χ1n) is 11.8. The maximum Gasteiger partial charge on any atom is 0.337 e. The summed E-state index contributed by atoms with van der Waals surface area (Å²) in [5.41, 5.74) is 8.58. The highest BCUT2D eigenvalue weighted by molar-refractivity contribution is 6.30. The van der Waals surface area contributed by atoms with Crippen LogP contribution >= 0.6 is 36.4 Å². The molecule has 0 bridgehead atoms. The summed E-state index contributed by atoms with van der Waals surface area (Å²) in [5.74, 6) is 0.492. The lowest BCUT2D eigenvalue weighted by Crippen LogP contribution is -2.50. The normalized spacial score (nSPS) is 20.9. The first-order valence-corrected chi connectivity index (χ1v) is 12.2. The lowest BCUT2D eigenvalue weighted by molar-refractivity contribution is 0.0523. The largest absolute Gasteiger partial charge is 0.465 e. The number of methoxy groups -OCH3 is 1. The third-order valence-electron chi connectivity index (χ3n) is 7.51. The van der Waals surface area contributed by atoms with E-state index in [2.05, 4.69) is 16.3 Å². The van der Waals surface area contributed by atoms with Gasteiger partial charge in [-0.1, -0.05) is 35.9 Å². The number of esters is 1. The molecule has 0 unspecified atom stereocenters. The van der Waals surface area contributed by atoms with Gasteiger partial charge in [0.25, 0.3) is 5.91 Å². The molecule has 1 aromatic heterocycles. The van der Waals surface area contributed by atoms with E-state index in [9.17, 15) is 9.59 Å². The van der Waals surface area contributed by atoms with Crippen LogP contribution in [0.2, 0.25) is 5.02 Å². The van der Waals surface area contributed by atoms with Gasteiger partial charge in [-0.2, -0.15) is 0 Å². The Labute approximate surface area is 233 Å². The molecule has 5 rings (SSSR count). The Bertz CT molecular complexity index is 1260. The van der Waals surface area contributed by atoms with Crippen molar-refractivity contribution < 1.29 is 14.3 Å². The molecule has 1 amide bonds. The topological polar surface area (TPSA) is 103 Å². The second kappa shape index (κ2) is 11.8. The number of nitrogens with two attached hydrogens (primary N) is 1. The summed E-state index contributed by atoms with van der Waals surface area (Å²) in [6, 6.07) is 15.1. The van der Waals surface area contributed by atoms with E-state index in [0.29, 0.717) is 36.8 Å². The highest BCUT2D eigenvalue weighted by Gasteiger charge is 2.40. The standard InChI is InChI=1S/C26H28ClN5O3.2ClH/c1-35-25(34)18-7-5-17(6-8-18)22-29-30-23-24(33)31(13-14-32(22)23)21-9-11-26(16-28,12-10-21)19-3-2-4-20(27)15-19;;/h2-8,15,21H,9-14,16,28H2,1H3;2*1H. The van der Waals surface area contributed by atoms with Gasteiger partial charge in [-0.3, -0.25) is 4.79 Å². The second-order valence-electron chi connectivity index (χ2n) is 9.29. The van der Waals surface area contributed by atoms with E-state index >= 15 is 0 Å². The Morgan fingerprint density at radius 2 is 1.76 bits per heavy atom. The quantitative estimate of drug-likeness (QED) is 0.456. The van der Waals surface area contributed by atoms with Crippen molar-refractivity contribution in [2.75, 3.05) is 20.2 Å². The van der Waals surface area contributed by atoms with Crippen molar-refractivity contribution in [3.8, 4) is 11.4 Å². The van der Waals surface area contributed by atoms with Gasteiger partial charge in [-0.15, -0.1) is 35.0 Å². The molecular weight excluding hydrogens is 537 g/mol. The van der Waals surface area contributed by atoms with E-state index in [1.54, 1.807) is 24.3 Å². The number of fused-ring (bicyclic) bond motifs is 1. The summed E-state index contributed by atoms with van der Waals surface area (Å²) in [4.78, 5) is 27.0. The average molecular weight is 567 g/mol. The molecule has 3 aromatic rings. The van der Waals surface area contributed by atoms with E-state index in [4.69, 9.17) is 22.1 Å². The average Bonchev–Trinajstić information content (AvgIpc) is 3.34.